The Kier molecular flexibility index (Phi) is 8.80. The van der Waals surface area contributed by atoms with Crippen LogP contribution in [-0.4, -0.2) is 27.3 Å². The van der Waals surface area contributed by atoms with Gasteiger partial charge < -0.3 is 4.43 Å². The Morgan fingerprint density at radius 3 is 1.90 bits per heavy atom. The zero-order chi connectivity index (χ0) is 28.9. The van der Waals surface area contributed by atoms with Gasteiger partial charge >= 0.3 is 0 Å². The predicted octanol–water partition coefficient (Wildman–Crippen LogP) is 7.28. The molecule has 2 aromatic heterocycles. The maximum absolute atomic E-state index is 13.6. The zero-order valence-electron chi connectivity index (χ0n) is 23.8. The highest BCUT2D eigenvalue weighted by molar-refractivity contribution is 7.90. The van der Waals surface area contributed by atoms with Crippen molar-refractivity contribution in [2.45, 2.75) is 49.5 Å². The van der Waals surface area contributed by atoms with E-state index in [9.17, 15) is 8.42 Å². The van der Waals surface area contributed by atoms with Gasteiger partial charge in [0.15, 0.2) is 0 Å². The van der Waals surface area contributed by atoms with Crippen LogP contribution in [0.3, 0.4) is 0 Å². The normalized spacial score (nSPS) is 13.2. The molecule has 0 bridgehead atoms. The van der Waals surface area contributed by atoms with Crippen LogP contribution in [0.2, 0.25) is 5.04 Å². The molecule has 3 aromatic carbocycles. The molecule has 0 saturated heterocycles. The van der Waals surface area contributed by atoms with Gasteiger partial charge in [-0.3, -0.25) is 0 Å². The van der Waals surface area contributed by atoms with Crippen molar-refractivity contribution >= 4 is 40.1 Å². The molecule has 7 heteroatoms. The Morgan fingerprint density at radius 2 is 1.37 bits per heavy atom. The SMILES string of the molecule is CC(C)(C)[Si](OCCC[C@@H](c1cccs1)c1cccn1S(=O)(=O)c1ccccc1)(c1ccccc1)c1ccccc1. The van der Waals surface area contributed by atoms with Crippen molar-refractivity contribution in [1.29, 1.82) is 0 Å². The van der Waals surface area contributed by atoms with Gasteiger partial charge in [-0.1, -0.05) is 106 Å². The first kappa shape index (κ1) is 29.3. The third-order valence-corrected chi connectivity index (χ3v) is 15.4. The summed E-state index contributed by atoms with van der Waals surface area (Å²) in [5, 5.41) is 4.48. The molecule has 0 spiro atoms. The molecular formula is C34H37NO3S2Si. The molecule has 0 fully saturated rings. The van der Waals surface area contributed by atoms with Gasteiger partial charge in [0.25, 0.3) is 18.3 Å². The summed E-state index contributed by atoms with van der Waals surface area (Å²) < 4.78 is 35.8. The van der Waals surface area contributed by atoms with Gasteiger partial charge in [-0.2, -0.15) is 0 Å². The largest absolute Gasteiger partial charge is 0.407 e. The summed E-state index contributed by atoms with van der Waals surface area (Å²) in [4.78, 5) is 1.44. The van der Waals surface area contributed by atoms with E-state index in [1.807, 2.05) is 24.3 Å². The summed E-state index contributed by atoms with van der Waals surface area (Å²) in [6.45, 7) is 7.44. The Bertz CT molecular complexity index is 1590. The monoisotopic (exact) mass is 599 g/mol. The second kappa shape index (κ2) is 12.3. The van der Waals surface area contributed by atoms with Gasteiger partial charge in [-0.25, -0.2) is 12.4 Å². The Morgan fingerprint density at radius 1 is 0.780 bits per heavy atom. The fourth-order valence-electron chi connectivity index (χ4n) is 5.77. The minimum Gasteiger partial charge on any atom is -0.407 e. The van der Waals surface area contributed by atoms with Gasteiger partial charge in [0.1, 0.15) is 0 Å². The second-order valence-electron chi connectivity index (χ2n) is 11.3. The third-order valence-electron chi connectivity index (χ3n) is 7.66. The number of hydrogen-bond acceptors (Lipinski definition) is 4. The first-order valence-electron chi connectivity index (χ1n) is 14.0. The Hall–Kier alpha value is -3.23. The van der Waals surface area contributed by atoms with Crippen molar-refractivity contribution in [3.8, 4) is 0 Å². The summed E-state index contributed by atoms with van der Waals surface area (Å²) in [7, 11) is -6.35. The smallest absolute Gasteiger partial charge is 0.267 e. The number of hydrogen-bond donors (Lipinski definition) is 0. The summed E-state index contributed by atoms with van der Waals surface area (Å²) in [5.41, 5.74) is 0.779. The highest BCUT2D eigenvalue weighted by Gasteiger charge is 2.50. The molecule has 0 aliphatic heterocycles. The first-order chi connectivity index (χ1) is 19.7. The molecule has 2 heterocycles. The summed E-state index contributed by atoms with van der Waals surface area (Å²) >= 11 is 1.67. The lowest BCUT2D eigenvalue weighted by molar-refractivity contribution is 0.286. The predicted molar refractivity (Wildman–Crippen MR) is 172 cm³/mol. The van der Waals surface area contributed by atoms with E-state index >= 15 is 0 Å². The quantitative estimate of drug-likeness (QED) is 0.118. The van der Waals surface area contributed by atoms with Crippen LogP contribution in [0.5, 0.6) is 0 Å². The molecule has 0 amide bonds. The van der Waals surface area contributed by atoms with Gasteiger partial charge in [-0.15, -0.1) is 11.3 Å². The minimum absolute atomic E-state index is 0.0637. The van der Waals surface area contributed by atoms with Crippen molar-refractivity contribution < 1.29 is 12.8 Å². The topological polar surface area (TPSA) is 48.3 Å². The molecule has 0 aliphatic rings. The molecule has 0 N–H and O–H groups in total. The van der Waals surface area contributed by atoms with Crippen molar-refractivity contribution in [2.75, 3.05) is 6.61 Å². The van der Waals surface area contributed by atoms with Crippen LogP contribution in [0, 0.1) is 0 Å². The number of nitrogens with zero attached hydrogens (tertiary/aromatic N) is 1. The van der Waals surface area contributed by atoms with E-state index in [0.29, 0.717) is 6.61 Å². The van der Waals surface area contributed by atoms with E-state index in [1.165, 1.54) is 14.3 Å². The lowest BCUT2D eigenvalue weighted by atomic mass is 9.98. The molecule has 0 unspecified atom stereocenters. The average Bonchev–Trinajstić information content (AvgIpc) is 3.70. The van der Waals surface area contributed by atoms with E-state index in [1.54, 1.807) is 41.8 Å². The maximum Gasteiger partial charge on any atom is 0.267 e. The lowest BCUT2D eigenvalue weighted by Crippen LogP contribution is -2.66. The maximum atomic E-state index is 13.6. The average molecular weight is 600 g/mol. The van der Waals surface area contributed by atoms with Crippen LogP contribution >= 0.6 is 11.3 Å². The van der Waals surface area contributed by atoms with Crippen molar-refractivity contribution in [2.24, 2.45) is 0 Å². The van der Waals surface area contributed by atoms with Crippen LogP contribution in [0.1, 0.15) is 50.1 Å². The highest BCUT2D eigenvalue weighted by atomic mass is 32.2. The molecule has 0 aliphatic carbocycles. The molecule has 1 atom stereocenters. The Labute approximate surface area is 249 Å². The van der Waals surface area contributed by atoms with Crippen molar-refractivity contribution in [3.63, 3.8) is 0 Å². The van der Waals surface area contributed by atoms with E-state index < -0.39 is 18.3 Å². The van der Waals surface area contributed by atoms with Crippen LogP contribution in [-0.2, 0) is 14.4 Å². The fourth-order valence-corrected chi connectivity index (χ4v) is 12.7. The van der Waals surface area contributed by atoms with E-state index in [0.717, 1.165) is 23.4 Å². The fraction of sp³-hybridized carbons (Fsp3) is 0.235. The van der Waals surface area contributed by atoms with E-state index in [2.05, 4.69) is 92.9 Å². The van der Waals surface area contributed by atoms with Gasteiger partial charge in [-0.05, 0) is 64.0 Å². The second-order valence-corrected chi connectivity index (χ2v) is 18.4. The number of thiophene rings is 1. The van der Waals surface area contributed by atoms with E-state index in [-0.39, 0.29) is 15.9 Å². The number of aromatic nitrogens is 1. The molecule has 41 heavy (non-hydrogen) atoms. The zero-order valence-corrected chi connectivity index (χ0v) is 26.4. The van der Waals surface area contributed by atoms with Gasteiger partial charge in [0, 0.05) is 29.3 Å². The minimum atomic E-state index is -3.71. The van der Waals surface area contributed by atoms with Crippen LogP contribution in [0.4, 0.5) is 0 Å². The summed E-state index contributed by atoms with van der Waals surface area (Å²) in [6, 6.07) is 37.9. The van der Waals surface area contributed by atoms with Crippen LogP contribution in [0.25, 0.3) is 0 Å². The summed E-state index contributed by atoms with van der Waals surface area (Å²) in [5.74, 6) is -0.0637. The molecule has 5 rings (SSSR count). The number of benzene rings is 3. The van der Waals surface area contributed by atoms with Crippen LogP contribution < -0.4 is 10.4 Å². The van der Waals surface area contributed by atoms with Crippen molar-refractivity contribution in [3.05, 3.63) is 137 Å². The number of rotatable bonds is 11. The third kappa shape index (κ3) is 5.90. The molecular weight excluding hydrogens is 563 g/mol. The van der Waals surface area contributed by atoms with Crippen molar-refractivity contribution in [1.82, 2.24) is 3.97 Å². The first-order valence-corrected chi connectivity index (χ1v) is 18.2. The standard InChI is InChI=1S/C34H37NO3S2Si/c1-34(2,3)41(29-18-9-5-10-19-29,30-20-11-6-12-21-30)38-26-14-22-31(33-24-15-27-39-33)32-23-13-25-35(32)40(36,37)28-16-7-4-8-17-28/h4-13,15-21,23-25,27,31H,14,22,26H2,1-3H3/t31-/m1/s1. The summed E-state index contributed by atoms with van der Waals surface area (Å²) in [6.07, 6.45) is 3.23. The molecule has 212 valence electrons. The van der Waals surface area contributed by atoms with Gasteiger partial charge in [0.05, 0.1) is 4.90 Å². The van der Waals surface area contributed by atoms with Crippen LogP contribution in [0.15, 0.2) is 132 Å². The van der Waals surface area contributed by atoms with E-state index in [4.69, 9.17) is 4.43 Å². The molecule has 4 nitrogen and oxygen atoms in total. The highest BCUT2D eigenvalue weighted by Crippen LogP contribution is 2.38. The molecule has 5 aromatic rings. The lowest BCUT2D eigenvalue weighted by Gasteiger charge is -2.43. The molecule has 0 radical (unpaired) electrons. The van der Waals surface area contributed by atoms with Gasteiger partial charge in [0.2, 0.25) is 0 Å². The Balaban J connectivity index is 1.44. The molecule has 0 saturated carbocycles.